The fourth-order valence-corrected chi connectivity index (χ4v) is 3.93. The first-order valence-corrected chi connectivity index (χ1v) is 9.58. The second kappa shape index (κ2) is 8.49. The molecule has 138 valence electrons. The number of nitrogens with two attached hydrogens (primary N) is 1. The molecule has 0 radical (unpaired) electrons. The number of halogens is 1. The second-order valence-electron chi connectivity index (χ2n) is 7.23. The molecule has 1 aromatic rings. The Labute approximate surface area is 154 Å². The fourth-order valence-electron chi connectivity index (χ4n) is 3.72. The highest BCUT2D eigenvalue weighted by Gasteiger charge is 2.36. The molecule has 3 N–H and O–H groups in total. The number of hydrogen-bond donors (Lipinski definition) is 2. The largest absolute Gasteiger partial charge is 0.381 e. The van der Waals surface area contributed by atoms with Gasteiger partial charge in [0.2, 0.25) is 5.91 Å². The number of rotatable bonds is 5. The van der Waals surface area contributed by atoms with Crippen LogP contribution in [0.4, 0.5) is 0 Å². The number of hydrogen-bond acceptors (Lipinski definition) is 4. The van der Waals surface area contributed by atoms with E-state index in [4.69, 9.17) is 22.1 Å². The lowest BCUT2D eigenvalue weighted by Crippen LogP contribution is -2.58. The summed E-state index contributed by atoms with van der Waals surface area (Å²) in [6.07, 6.45) is 4.68. The Hall–Kier alpha value is -1.14. The molecule has 2 heterocycles. The van der Waals surface area contributed by atoms with Crippen molar-refractivity contribution < 1.29 is 9.53 Å². The van der Waals surface area contributed by atoms with Gasteiger partial charge >= 0.3 is 0 Å². The van der Waals surface area contributed by atoms with Crippen molar-refractivity contribution in [3.8, 4) is 0 Å². The van der Waals surface area contributed by atoms with E-state index in [-0.39, 0.29) is 5.91 Å². The number of likely N-dealkylation sites (tertiary alicyclic amines) is 1. The van der Waals surface area contributed by atoms with Gasteiger partial charge in [-0.15, -0.1) is 0 Å². The number of carbonyl (C=O) groups is 1. The molecular weight excluding hydrogens is 338 g/mol. The van der Waals surface area contributed by atoms with E-state index in [2.05, 4.69) is 16.3 Å². The maximum absolute atomic E-state index is 12.5. The van der Waals surface area contributed by atoms with Crippen LogP contribution in [0.25, 0.3) is 0 Å². The number of carbonyl (C=O) groups excluding carboxylic acids is 1. The third-order valence-electron chi connectivity index (χ3n) is 5.36. The van der Waals surface area contributed by atoms with E-state index in [1.165, 1.54) is 18.4 Å². The van der Waals surface area contributed by atoms with Crippen molar-refractivity contribution in [2.24, 2.45) is 5.73 Å². The lowest BCUT2D eigenvalue weighted by atomic mass is 9.90. The normalized spacial score (nSPS) is 24.0. The van der Waals surface area contributed by atoms with Gasteiger partial charge < -0.3 is 15.8 Å². The van der Waals surface area contributed by atoms with Crippen molar-refractivity contribution in [2.75, 3.05) is 26.3 Å². The van der Waals surface area contributed by atoms with Crippen LogP contribution in [-0.2, 0) is 16.1 Å². The van der Waals surface area contributed by atoms with Gasteiger partial charge in [-0.05, 0) is 49.9 Å². The van der Waals surface area contributed by atoms with Gasteiger partial charge in [0.25, 0.3) is 0 Å². The molecule has 1 atom stereocenters. The zero-order chi connectivity index (χ0) is 17.7. The lowest BCUT2D eigenvalue weighted by Gasteiger charge is -2.37. The predicted octanol–water partition coefficient (Wildman–Crippen LogP) is 2.32. The molecule has 2 fully saturated rings. The quantitative estimate of drug-likeness (QED) is 0.840. The fraction of sp³-hybridized carbons (Fsp3) is 0.632. The van der Waals surface area contributed by atoms with Crippen LogP contribution in [0, 0.1) is 0 Å². The Morgan fingerprint density at radius 3 is 2.92 bits per heavy atom. The Kier molecular flexibility index (Phi) is 6.34. The number of benzene rings is 1. The van der Waals surface area contributed by atoms with Gasteiger partial charge in [0.1, 0.15) is 0 Å². The summed E-state index contributed by atoms with van der Waals surface area (Å²) in [7, 11) is 0. The van der Waals surface area contributed by atoms with E-state index in [1.54, 1.807) is 0 Å². The van der Waals surface area contributed by atoms with Crippen LogP contribution in [0.5, 0.6) is 0 Å². The van der Waals surface area contributed by atoms with Gasteiger partial charge in [-0.25, -0.2) is 0 Å². The van der Waals surface area contributed by atoms with E-state index in [9.17, 15) is 4.79 Å². The molecule has 1 aromatic carbocycles. The third-order valence-corrected chi connectivity index (χ3v) is 5.59. The Bertz CT molecular complexity index is 590. The van der Waals surface area contributed by atoms with Gasteiger partial charge in [0.05, 0.1) is 5.54 Å². The SMILES string of the molecule is NC1(C(=O)NCC2CCCCN2Cc2cccc(Cl)c2)CCOCC1. The topological polar surface area (TPSA) is 67.6 Å². The molecule has 5 nitrogen and oxygen atoms in total. The van der Waals surface area contributed by atoms with Gasteiger partial charge in [0, 0.05) is 37.4 Å². The van der Waals surface area contributed by atoms with Crippen LogP contribution < -0.4 is 11.1 Å². The number of amides is 1. The first kappa shape index (κ1) is 18.6. The molecule has 2 aliphatic heterocycles. The summed E-state index contributed by atoms with van der Waals surface area (Å²) in [6.45, 7) is 3.69. The highest BCUT2D eigenvalue weighted by atomic mass is 35.5. The lowest BCUT2D eigenvalue weighted by molar-refractivity contribution is -0.130. The minimum Gasteiger partial charge on any atom is -0.381 e. The summed E-state index contributed by atoms with van der Waals surface area (Å²) >= 11 is 6.10. The van der Waals surface area contributed by atoms with Gasteiger partial charge in [0.15, 0.2) is 0 Å². The molecule has 0 bridgehead atoms. The van der Waals surface area contributed by atoms with Crippen molar-refractivity contribution in [1.82, 2.24) is 10.2 Å². The van der Waals surface area contributed by atoms with Crippen molar-refractivity contribution in [3.63, 3.8) is 0 Å². The Morgan fingerprint density at radius 2 is 2.16 bits per heavy atom. The average molecular weight is 366 g/mol. The van der Waals surface area contributed by atoms with Crippen molar-refractivity contribution in [1.29, 1.82) is 0 Å². The monoisotopic (exact) mass is 365 g/mol. The molecule has 2 saturated heterocycles. The molecular formula is C19H28ClN3O2. The van der Waals surface area contributed by atoms with Crippen LogP contribution in [-0.4, -0.2) is 48.7 Å². The summed E-state index contributed by atoms with van der Waals surface area (Å²) < 4.78 is 5.32. The third kappa shape index (κ3) is 4.94. The Morgan fingerprint density at radius 1 is 1.36 bits per heavy atom. The second-order valence-corrected chi connectivity index (χ2v) is 7.66. The van der Waals surface area contributed by atoms with Crippen molar-refractivity contribution in [3.05, 3.63) is 34.9 Å². The van der Waals surface area contributed by atoms with Crippen LogP contribution in [0.2, 0.25) is 5.02 Å². The number of piperidine rings is 1. The Balaban J connectivity index is 1.56. The van der Waals surface area contributed by atoms with Gasteiger partial charge in [-0.3, -0.25) is 9.69 Å². The van der Waals surface area contributed by atoms with E-state index >= 15 is 0 Å². The van der Waals surface area contributed by atoms with Crippen LogP contribution in [0.3, 0.4) is 0 Å². The van der Waals surface area contributed by atoms with Gasteiger partial charge in [-0.1, -0.05) is 30.2 Å². The molecule has 25 heavy (non-hydrogen) atoms. The van der Waals surface area contributed by atoms with Crippen LogP contribution >= 0.6 is 11.6 Å². The average Bonchev–Trinajstić information content (AvgIpc) is 2.61. The molecule has 0 saturated carbocycles. The smallest absolute Gasteiger partial charge is 0.240 e. The highest BCUT2D eigenvalue weighted by Crippen LogP contribution is 2.22. The molecule has 3 rings (SSSR count). The van der Waals surface area contributed by atoms with E-state index in [0.29, 0.717) is 38.6 Å². The minimum atomic E-state index is -0.773. The molecule has 2 aliphatic rings. The van der Waals surface area contributed by atoms with E-state index in [0.717, 1.165) is 24.5 Å². The maximum atomic E-state index is 12.5. The number of ether oxygens (including phenoxy) is 1. The number of nitrogens with one attached hydrogen (secondary N) is 1. The molecule has 6 heteroatoms. The summed E-state index contributed by atoms with van der Waals surface area (Å²) in [5.41, 5.74) is 6.71. The van der Waals surface area contributed by atoms with Crippen molar-refractivity contribution in [2.45, 2.75) is 50.2 Å². The zero-order valence-electron chi connectivity index (χ0n) is 14.7. The predicted molar refractivity (Wildman–Crippen MR) is 99.5 cm³/mol. The van der Waals surface area contributed by atoms with Crippen molar-refractivity contribution >= 4 is 17.5 Å². The molecule has 1 amide bonds. The standard InChI is InChI=1S/C19H28ClN3O2/c20-16-5-3-4-15(12-16)14-23-9-2-1-6-17(23)13-22-18(24)19(21)7-10-25-11-8-19/h3-5,12,17H,1-2,6-11,13-14,21H2,(H,22,24). The molecule has 0 spiro atoms. The highest BCUT2D eigenvalue weighted by molar-refractivity contribution is 6.30. The maximum Gasteiger partial charge on any atom is 0.240 e. The minimum absolute atomic E-state index is 0.0379. The summed E-state index contributed by atoms with van der Waals surface area (Å²) in [5, 5.41) is 3.87. The summed E-state index contributed by atoms with van der Waals surface area (Å²) in [4.78, 5) is 15.0. The van der Waals surface area contributed by atoms with E-state index < -0.39 is 5.54 Å². The van der Waals surface area contributed by atoms with Gasteiger partial charge in [-0.2, -0.15) is 0 Å². The molecule has 1 unspecified atom stereocenters. The summed E-state index contributed by atoms with van der Waals surface area (Å²) in [6, 6.07) is 8.35. The first-order chi connectivity index (χ1) is 12.1. The zero-order valence-corrected chi connectivity index (χ0v) is 15.4. The van der Waals surface area contributed by atoms with Crippen LogP contribution in [0.1, 0.15) is 37.7 Å². The van der Waals surface area contributed by atoms with E-state index in [1.807, 2.05) is 18.2 Å². The van der Waals surface area contributed by atoms with Crippen LogP contribution in [0.15, 0.2) is 24.3 Å². The number of nitrogens with zero attached hydrogens (tertiary/aromatic N) is 1. The molecule has 0 aromatic heterocycles. The summed E-state index contributed by atoms with van der Waals surface area (Å²) in [5.74, 6) is -0.0379. The molecule has 0 aliphatic carbocycles. The first-order valence-electron chi connectivity index (χ1n) is 9.20.